The van der Waals surface area contributed by atoms with Crippen molar-refractivity contribution in [1.82, 2.24) is 0 Å². The Morgan fingerprint density at radius 1 is 0.714 bits per heavy atom. The molecule has 0 fully saturated rings. The summed E-state index contributed by atoms with van der Waals surface area (Å²) < 4.78 is 0. The molecule has 0 unspecified atom stereocenters. The first-order chi connectivity index (χ1) is 6.35. The molecule has 14 heavy (non-hydrogen) atoms. The average molecular weight is 391 g/mol. The molecule has 0 rings (SSSR count). The molecule has 84 valence electrons. The number of hydrogen-bond acceptors (Lipinski definition) is 0. The molecule has 0 amide bonds. The predicted molar refractivity (Wildman–Crippen MR) is 65.2 cm³/mol. The molecule has 0 radical (unpaired) electrons. The van der Waals surface area contributed by atoms with Crippen LogP contribution in [0.15, 0.2) is 35.7 Å². The Morgan fingerprint density at radius 3 is 1.21 bits per heavy atom. The Morgan fingerprint density at radius 2 is 1.00 bits per heavy atom. The van der Waals surface area contributed by atoms with Crippen molar-refractivity contribution in [2.75, 3.05) is 0 Å². The van der Waals surface area contributed by atoms with Gasteiger partial charge < -0.3 is 0 Å². The summed E-state index contributed by atoms with van der Waals surface area (Å²) in [5.41, 5.74) is 0. The third-order valence-electron chi connectivity index (χ3n) is 1.54. The molecule has 0 nitrogen and oxygen atoms in total. The van der Waals surface area contributed by atoms with Crippen molar-refractivity contribution in [2.45, 2.75) is 40.0 Å². The summed E-state index contributed by atoms with van der Waals surface area (Å²) in [6.45, 7) is 6.53. The van der Waals surface area contributed by atoms with Gasteiger partial charge in [-0.3, -0.25) is 0 Å². The third kappa shape index (κ3) is 10.4. The van der Waals surface area contributed by atoms with Gasteiger partial charge in [-0.25, -0.2) is 0 Å². The molecule has 0 spiro atoms. The van der Waals surface area contributed by atoms with Crippen LogP contribution in [0.4, 0.5) is 0 Å². The van der Waals surface area contributed by atoms with Gasteiger partial charge in [0.15, 0.2) is 0 Å². The van der Waals surface area contributed by atoms with Crippen molar-refractivity contribution in [1.29, 1.82) is 0 Å². The molecule has 0 aromatic rings. The van der Waals surface area contributed by atoms with Crippen LogP contribution in [0.3, 0.4) is 0 Å². The van der Waals surface area contributed by atoms with Crippen molar-refractivity contribution in [3.63, 3.8) is 0 Å². The first kappa shape index (κ1) is 16.8. The van der Waals surface area contributed by atoms with E-state index in [4.69, 9.17) is 0 Å². The van der Waals surface area contributed by atoms with Crippen LogP contribution in [-0.2, 0) is 21.1 Å². The van der Waals surface area contributed by atoms with Crippen molar-refractivity contribution in [2.24, 2.45) is 0 Å². The number of allylic oxidation sites excluding steroid dienone is 3. The Balaban J connectivity index is 0. The molecule has 0 aromatic carbocycles. The second-order valence-corrected chi connectivity index (χ2v) is 4.62. The molecule has 0 aliphatic heterocycles. The largest absolute Gasteiger partial charge is 0.0837 e. The fourth-order valence-electron chi connectivity index (χ4n) is 0.830. The first-order valence-electron chi connectivity index (χ1n) is 5.12. The maximum absolute atomic E-state index is 2.33. The summed E-state index contributed by atoms with van der Waals surface area (Å²) in [6.07, 6.45) is 10.2. The molecule has 0 saturated carbocycles. The van der Waals surface area contributed by atoms with Crippen LogP contribution in [0.25, 0.3) is 0 Å². The van der Waals surface area contributed by atoms with Crippen molar-refractivity contribution < 1.29 is 21.1 Å². The van der Waals surface area contributed by atoms with Crippen LogP contribution in [0, 0.1) is 0 Å². The summed E-state index contributed by atoms with van der Waals surface area (Å²) >= 11 is 0. The van der Waals surface area contributed by atoms with Crippen molar-refractivity contribution in [3.05, 3.63) is 35.7 Å². The second kappa shape index (κ2) is 13.3. The topological polar surface area (TPSA) is 0 Å². The second-order valence-electron chi connectivity index (χ2n) is 2.83. The molecule has 0 aromatic heterocycles. The van der Waals surface area contributed by atoms with E-state index < -0.39 is 0 Å². The van der Waals surface area contributed by atoms with E-state index in [1.807, 2.05) is 0 Å². The Hall–Kier alpha value is 0.338. The molecule has 0 atom stereocenters. The van der Waals surface area contributed by atoms with Gasteiger partial charge in [0, 0.05) is 21.1 Å². The average Bonchev–Trinajstić information content (AvgIpc) is 2.17. The standard InChI is InChI=1S/C12H21P.Pt/c1-4-7-10-13(11-8-5-2)12-9-6-3;/h7-12H,4-6H2,1-3H3;. The summed E-state index contributed by atoms with van der Waals surface area (Å²) in [6, 6.07) is 0. The minimum Gasteiger partial charge on any atom is -0.0837 e. The van der Waals surface area contributed by atoms with Gasteiger partial charge in [-0.1, -0.05) is 56.5 Å². The molecular weight excluding hydrogens is 370 g/mol. The van der Waals surface area contributed by atoms with Crippen LogP contribution in [-0.4, -0.2) is 0 Å². The third-order valence-corrected chi connectivity index (χ3v) is 3.20. The first-order valence-corrected chi connectivity index (χ1v) is 6.67. The summed E-state index contributed by atoms with van der Waals surface area (Å²) in [5.74, 6) is 6.98. The van der Waals surface area contributed by atoms with Gasteiger partial charge >= 0.3 is 0 Å². The zero-order chi connectivity index (χ0) is 9.94. The van der Waals surface area contributed by atoms with E-state index in [2.05, 4.69) is 56.5 Å². The van der Waals surface area contributed by atoms with E-state index >= 15 is 0 Å². The van der Waals surface area contributed by atoms with Crippen LogP contribution >= 0.6 is 7.92 Å². The van der Waals surface area contributed by atoms with Gasteiger partial charge in [-0.2, -0.15) is 0 Å². The molecule has 0 bridgehead atoms. The van der Waals surface area contributed by atoms with E-state index in [9.17, 15) is 0 Å². The van der Waals surface area contributed by atoms with Crippen LogP contribution in [0.5, 0.6) is 0 Å². The molecule has 0 heterocycles. The van der Waals surface area contributed by atoms with Gasteiger partial charge in [-0.05, 0) is 27.2 Å². The normalized spacial score (nSPS) is 13.9. The molecule has 0 saturated heterocycles. The Labute approximate surface area is 105 Å². The van der Waals surface area contributed by atoms with E-state index in [0.29, 0.717) is 0 Å². The summed E-state index contributed by atoms with van der Waals surface area (Å²) in [5, 5.41) is 0. The van der Waals surface area contributed by atoms with Gasteiger partial charge in [0.25, 0.3) is 0 Å². The molecule has 0 aliphatic carbocycles. The quantitative estimate of drug-likeness (QED) is 0.544. The minimum absolute atomic E-state index is 0. The van der Waals surface area contributed by atoms with Crippen molar-refractivity contribution >= 4 is 7.92 Å². The van der Waals surface area contributed by atoms with E-state index in [1.165, 1.54) is 0 Å². The summed E-state index contributed by atoms with van der Waals surface area (Å²) in [7, 11) is -0.120. The van der Waals surface area contributed by atoms with E-state index in [1.54, 1.807) is 0 Å². The zero-order valence-corrected chi connectivity index (χ0v) is 12.5. The fraction of sp³-hybridized carbons (Fsp3) is 0.500. The van der Waals surface area contributed by atoms with Crippen LogP contribution in [0.1, 0.15) is 40.0 Å². The fourth-order valence-corrected chi connectivity index (χ4v) is 2.49. The number of rotatable bonds is 6. The van der Waals surface area contributed by atoms with Gasteiger partial charge in [-0.15, -0.1) is 0 Å². The monoisotopic (exact) mass is 391 g/mol. The van der Waals surface area contributed by atoms with Gasteiger partial charge in [0.1, 0.15) is 0 Å². The van der Waals surface area contributed by atoms with Gasteiger partial charge in [0.05, 0.1) is 0 Å². The van der Waals surface area contributed by atoms with Crippen LogP contribution < -0.4 is 0 Å². The van der Waals surface area contributed by atoms with Gasteiger partial charge in [0.2, 0.25) is 0 Å². The predicted octanol–water partition coefficient (Wildman–Crippen LogP) is 5.24. The minimum atomic E-state index is -0.120. The Bertz CT molecular complexity index is 149. The number of hydrogen-bond donors (Lipinski definition) is 0. The van der Waals surface area contributed by atoms with E-state index in [0.717, 1.165) is 19.3 Å². The zero-order valence-electron chi connectivity index (χ0n) is 9.35. The maximum Gasteiger partial charge on any atom is 0 e. The molecule has 0 aliphatic rings. The van der Waals surface area contributed by atoms with E-state index in [-0.39, 0.29) is 29.0 Å². The molecular formula is C12H21PPt. The molecule has 2 heteroatoms. The maximum atomic E-state index is 2.33. The molecule has 0 N–H and O–H groups in total. The van der Waals surface area contributed by atoms with Crippen LogP contribution in [0.2, 0.25) is 0 Å². The smallest absolute Gasteiger partial charge is 0 e. The SMILES string of the molecule is CCC=CP(C=CCC)C=CCC.[Pt]. The van der Waals surface area contributed by atoms with Crippen molar-refractivity contribution in [3.8, 4) is 0 Å². The summed E-state index contributed by atoms with van der Waals surface area (Å²) in [4.78, 5) is 0. The Kier molecular flexibility index (Phi) is 16.0.